The fourth-order valence-electron chi connectivity index (χ4n) is 4.85. The van der Waals surface area contributed by atoms with Crippen molar-refractivity contribution < 1.29 is 9.53 Å². The van der Waals surface area contributed by atoms with Gasteiger partial charge in [-0.05, 0) is 16.7 Å². The number of carbonyl (C=O) groups is 1. The molecule has 140 valence electrons. The Morgan fingerprint density at radius 3 is 2.04 bits per heavy atom. The number of rotatable bonds is 4. The summed E-state index contributed by atoms with van der Waals surface area (Å²) in [6.07, 6.45) is 1.18. The summed E-state index contributed by atoms with van der Waals surface area (Å²) in [4.78, 5) is 15.3. The van der Waals surface area contributed by atoms with Crippen LogP contribution in [0.1, 0.15) is 35.1 Å². The number of nitrogens with zero attached hydrogens (tertiary/aromatic N) is 1. The lowest BCUT2D eigenvalue weighted by Gasteiger charge is -2.37. The average molecular weight is 369 g/mol. The Morgan fingerprint density at radius 2 is 1.39 bits per heavy atom. The van der Waals surface area contributed by atoms with Crippen LogP contribution in [0.5, 0.6) is 0 Å². The van der Waals surface area contributed by atoms with Crippen LogP contribution in [0.25, 0.3) is 0 Å². The molecule has 3 aromatic rings. The molecule has 0 aliphatic carbocycles. The smallest absolute Gasteiger partial charge is 0.226 e. The molecular weight excluding hydrogens is 346 g/mol. The predicted octanol–water partition coefficient (Wildman–Crippen LogP) is 4.71. The maximum atomic E-state index is 13.3. The molecule has 3 heteroatoms. The highest BCUT2D eigenvalue weighted by atomic mass is 16.5. The minimum atomic E-state index is -0.639. The van der Waals surface area contributed by atoms with Crippen molar-refractivity contribution in [3.8, 4) is 0 Å². The maximum Gasteiger partial charge on any atom is 0.226 e. The molecule has 0 unspecified atom stereocenters. The van der Waals surface area contributed by atoms with Crippen molar-refractivity contribution in [1.29, 1.82) is 0 Å². The van der Waals surface area contributed by atoms with Gasteiger partial charge in [0.25, 0.3) is 0 Å². The van der Waals surface area contributed by atoms with Gasteiger partial charge in [0.1, 0.15) is 0 Å². The third-order valence-corrected chi connectivity index (χ3v) is 6.09. The lowest BCUT2D eigenvalue weighted by molar-refractivity contribution is -0.139. The standard InChI is InChI=1S/C25H23NO2/c27-24-16-22(20-12-6-2-7-13-20)25(17-19-10-4-1-5-11-19)26(24)23(18-28-25)21-14-8-3-9-15-21/h1-15,22-23H,16-18H2/t22-,23+,25+/m0/s1. The second-order valence-electron chi connectivity index (χ2n) is 7.68. The molecule has 0 bridgehead atoms. The van der Waals surface area contributed by atoms with Gasteiger partial charge in [-0.2, -0.15) is 0 Å². The molecule has 3 aromatic carbocycles. The molecule has 2 fully saturated rings. The van der Waals surface area contributed by atoms with Gasteiger partial charge in [-0.3, -0.25) is 4.79 Å². The Balaban J connectivity index is 1.60. The molecule has 28 heavy (non-hydrogen) atoms. The summed E-state index contributed by atoms with van der Waals surface area (Å²) in [7, 11) is 0. The molecule has 5 rings (SSSR count). The van der Waals surface area contributed by atoms with Gasteiger partial charge in [0.05, 0.1) is 12.6 Å². The van der Waals surface area contributed by atoms with Crippen LogP contribution in [0, 0.1) is 0 Å². The van der Waals surface area contributed by atoms with Crippen LogP contribution >= 0.6 is 0 Å². The van der Waals surface area contributed by atoms with Crippen LogP contribution in [0.15, 0.2) is 91.0 Å². The summed E-state index contributed by atoms with van der Waals surface area (Å²) in [5.74, 6) is 0.200. The Bertz CT molecular complexity index is 958. The zero-order valence-electron chi connectivity index (χ0n) is 15.7. The molecule has 3 atom stereocenters. The van der Waals surface area contributed by atoms with Crippen LogP contribution in [-0.4, -0.2) is 23.1 Å². The molecule has 0 spiro atoms. The number of hydrogen-bond acceptors (Lipinski definition) is 2. The molecule has 2 saturated heterocycles. The first-order valence-electron chi connectivity index (χ1n) is 9.88. The number of amides is 1. The molecule has 0 saturated carbocycles. The monoisotopic (exact) mass is 369 g/mol. The van der Waals surface area contributed by atoms with Crippen molar-refractivity contribution in [2.75, 3.05) is 6.61 Å². The Hall–Kier alpha value is -2.91. The number of ether oxygens (including phenoxy) is 1. The normalized spacial score (nSPS) is 26.4. The highest BCUT2D eigenvalue weighted by molar-refractivity contribution is 5.82. The molecule has 1 amide bonds. The van der Waals surface area contributed by atoms with E-state index >= 15 is 0 Å². The van der Waals surface area contributed by atoms with Crippen molar-refractivity contribution in [3.63, 3.8) is 0 Å². The van der Waals surface area contributed by atoms with Crippen LogP contribution in [0.2, 0.25) is 0 Å². The fourth-order valence-corrected chi connectivity index (χ4v) is 4.85. The first-order valence-corrected chi connectivity index (χ1v) is 9.88. The maximum absolute atomic E-state index is 13.3. The largest absolute Gasteiger partial charge is 0.352 e. The summed E-state index contributed by atoms with van der Waals surface area (Å²) in [6, 6.07) is 30.9. The predicted molar refractivity (Wildman–Crippen MR) is 109 cm³/mol. The van der Waals surface area contributed by atoms with Gasteiger partial charge in [-0.25, -0.2) is 0 Å². The first kappa shape index (κ1) is 17.2. The van der Waals surface area contributed by atoms with Crippen LogP contribution < -0.4 is 0 Å². The molecule has 2 heterocycles. The zero-order valence-corrected chi connectivity index (χ0v) is 15.7. The zero-order chi connectivity index (χ0) is 19.0. The highest BCUT2D eigenvalue weighted by Gasteiger charge is 2.60. The molecular formula is C25H23NO2. The number of carbonyl (C=O) groups excluding carboxylic acids is 1. The van der Waals surface area contributed by atoms with Crippen molar-refractivity contribution in [2.24, 2.45) is 0 Å². The van der Waals surface area contributed by atoms with E-state index < -0.39 is 5.72 Å². The van der Waals surface area contributed by atoms with E-state index in [0.717, 1.165) is 5.56 Å². The number of fused-ring (bicyclic) bond motifs is 1. The minimum Gasteiger partial charge on any atom is -0.352 e. The fraction of sp³-hybridized carbons (Fsp3) is 0.240. The van der Waals surface area contributed by atoms with Crippen molar-refractivity contribution in [1.82, 2.24) is 4.90 Å². The lowest BCUT2D eigenvalue weighted by Crippen LogP contribution is -2.47. The first-order chi connectivity index (χ1) is 13.8. The summed E-state index contributed by atoms with van der Waals surface area (Å²) in [6.45, 7) is 0.534. The van der Waals surface area contributed by atoms with Crippen molar-refractivity contribution in [2.45, 2.75) is 30.5 Å². The van der Waals surface area contributed by atoms with Crippen LogP contribution in [0.4, 0.5) is 0 Å². The van der Waals surface area contributed by atoms with E-state index in [1.165, 1.54) is 11.1 Å². The van der Waals surface area contributed by atoms with E-state index in [4.69, 9.17) is 4.74 Å². The summed E-state index contributed by atoms with van der Waals surface area (Å²) in [5.41, 5.74) is 2.86. The number of hydrogen-bond donors (Lipinski definition) is 0. The van der Waals surface area contributed by atoms with Crippen molar-refractivity contribution in [3.05, 3.63) is 108 Å². The third-order valence-electron chi connectivity index (χ3n) is 6.09. The van der Waals surface area contributed by atoms with Gasteiger partial charge in [0.2, 0.25) is 5.91 Å². The highest BCUT2D eigenvalue weighted by Crippen LogP contribution is 2.53. The summed E-state index contributed by atoms with van der Waals surface area (Å²) in [5, 5.41) is 0. The van der Waals surface area contributed by atoms with Gasteiger partial charge >= 0.3 is 0 Å². The number of benzene rings is 3. The molecule has 0 aromatic heterocycles. The molecule has 0 N–H and O–H groups in total. The Labute approximate surface area is 165 Å². The second kappa shape index (κ2) is 6.92. The molecule has 2 aliphatic heterocycles. The van der Waals surface area contributed by atoms with Crippen LogP contribution in [-0.2, 0) is 16.0 Å². The van der Waals surface area contributed by atoms with E-state index in [1.807, 2.05) is 59.5 Å². The van der Waals surface area contributed by atoms with E-state index in [0.29, 0.717) is 19.4 Å². The molecule has 3 nitrogen and oxygen atoms in total. The van der Waals surface area contributed by atoms with Gasteiger partial charge in [-0.1, -0.05) is 91.0 Å². The SMILES string of the molecule is O=C1C[C@@H](c2ccccc2)[C@@]2(Cc3ccccc3)OC[C@H](c3ccccc3)N12. The van der Waals surface area contributed by atoms with Gasteiger partial charge in [-0.15, -0.1) is 0 Å². The summed E-state index contributed by atoms with van der Waals surface area (Å²) >= 11 is 0. The topological polar surface area (TPSA) is 29.5 Å². The van der Waals surface area contributed by atoms with Crippen LogP contribution in [0.3, 0.4) is 0 Å². The average Bonchev–Trinajstić information content (AvgIpc) is 3.26. The molecule has 0 radical (unpaired) electrons. The lowest BCUT2D eigenvalue weighted by atomic mass is 9.84. The van der Waals surface area contributed by atoms with Crippen molar-refractivity contribution >= 4 is 5.91 Å². The van der Waals surface area contributed by atoms with E-state index in [2.05, 4.69) is 36.4 Å². The van der Waals surface area contributed by atoms with Gasteiger partial charge in [0, 0.05) is 18.8 Å². The second-order valence-corrected chi connectivity index (χ2v) is 7.68. The Kier molecular flexibility index (Phi) is 4.25. The van der Waals surface area contributed by atoms with Gasteiger partial charge in [0.15, 0.2) is 5.72 Å². The molecule has 2 aliphatic rings. The minimum absolute atomic E-state index is 0.0233. The quantitative estimate of drug-likeness (QED) is 0.666. The van der Waals surface area contributed by atoms with E-state index in [1.54, 1.807) is 0 Å². The van der Waals surface area contributed by atoms with E-state index in [-0.39, 0.29) is 17.9 Å². The summed E-state index contributed by atoms with van der Waals surface area (Å²) < 4.78 is 6.58. The Morgan fingerprint density at radius 1 is 0.821 bits per heavy atom. The third kappa shape index (κ3) is 2.74. The van der Waals surface area contributed by atoms with E-state index in [9.17, 15) is 4.79 Å². The van der Waals surface area contributed by atoms with Gasteiger partial charge < -0.3 is 9.64 Å².